The average Bonchev–Trinajstić information content (AvgIpc) is 3.36. The van der Waals surface area contributed by atoms with Crippen molar-refractivity contribution < 1.29 is 4.74 Å². The number of aliphatic imine (C=N–C) groups is 1. The van der Waals surface area contributed by atoms with Crippen molar-refractivity contribution in [2.75, 3.05) is 44.7 Å². The first-order valence-corrected chi connectivity index (χ1v) is 11.2. The van der Waals surface area contributed by atoms with E-state index in [4.69, 9.17) is 9.73 Å². The molecular weight excluding hydrogens is 527 g/mol. The van der Waals surface area contributed by atoms with Crippen LogP contribution in [0, 0.1) is 0 Å². The van der Waals surface area contributed by atoms with Crippen LogP contribution in [-0.4, -0.2) is 60.2 Å². The number of piperazine rings is 1. The summed E-state index contributed by atoms with van der Waals surface area (Å²) in [5, 5.41) is 3.46. The Morgan fingerprint density at radius 1 is 1.03 bits per heavy atom. The van der Waals surface area contributed by atoms with Crippen molar-refractivity contribution in [3.63, 3.8) is 0 Å². The van der Waals surface area contributed by atoms with Gasteiger partial charge in [0, 0.05) is 51.7 Å². The Kier molecular flexibility index (Phi) is 9.41. The van der Waals surface area contributed by atoms with Gasteiger partial charge in [0.2, 0.25) is 0 Å². The lowest BCUT2D eigenvalue weighted by atomic mass is 10.1. The van der Waals surface area contributed by atoms with Gasteiger partial charge in [0.15, 0.2) is 5.96 Å². The standard InChI is InChI=1S/C25H32N6O.HI/c1-3-27-25(28-18-21-8-10-22(11-9-21)19-29-13-12-26-20-29)31-16-14-30(15-17-31)23-6-4-5-7-24(23)32-2;/h4-13,20H,3,14-19H2,1-2H3,(H,27,28);1H. The molecular formula is C25H33IN6O. The molecule has 2 aromatic carbocycles. The third kappa shape index (κ3) is 6.63. The first-order chi connectivity index (χ1) is 15.8. The molecule has 33 heavy (non-hydrogen) atoms. The number of methoxy groups -OCH3 is 1. The Morgan fingerprint density at radius 3 is 2.42 bits per heavy atom. The third-order valence-corrected chi connectivity index (χ3v) is 5.70. The van der Waals surface area contributed by atoms with E-state index in [9.17, 15) is 0 Å². The number of guanidine groups is 1. The molecule has 0 aliphatic carbocycles. The van der Waals surface area contributed by atoms with E-state index in [1.165, 1.54) is 11.1 Å². The summed E-state index contributed by atoms with van der Waals surface area (Å²) >= 11 is 0. The Morgan fingerprint density at radius 2 is 1.76 bits per heavy atom. The Hall–Kier alpha value is -2.75. The first-order valence-electron chi connectivity index (χ1n) is 11.2. The zero-order valence-electron chi connectivity index (χ0n) is 19.4. The molecule has 4 rings (SSSR count). The lowest BCUT2D eigenvalue weighted by Gasteiger charge is -2.38. The molecule has 0 atom stereocenters. The number of benzene rings is 2. The minimum atomic E-state index is 0. The molecule has 1 aromatic heterocycles. The number of hydrogen-bond acceptors (Lipinski definition) is 4. The fourth-order valence-corrected chi connectivity index (χ4v) is 3.98. The van der Waals surface area contributed by atoms with Gasteiger partial charge >= 0.3 is 0 Å². The van der Waals surface area contributed by atoms with Crippen LogP contribution in [0.3, 0.4) is 0 Å². The predicted octanol–water partition coefficient (Wildman–Crippen LogP) is 3.85. The number of rotatable bonds is 7. The van der Waals surface area contributed by atoms with E-state index in [0.29, 0.717) is 6.54 Å². The van der Waals surface area contributed by atoms with E-state index in [1.54, 1.807) is 7.11 Å². The van der Waals surface area contributed by atoms with Crippen LogP contribution in [0.4, 0.5) is 5.69 Å². The maximum absolute atomic E-state index is 5.54. The zero-order chi connectivity index (χ0) is 22.2. The SMILES string of the molecule is CCNC(=NCc1ccc(Cn2ccnc2)cc1)N1CCN(c2ccccc2OC)CC1.I. The smallest absolute Gasteiger partial charge is 0.194 e. The summed E-state index contributed by atoms with van der Waals surface area (Å²) in [5.74, 6) is 1.91. The molecule has 1 saturated heterocycles. The van der Waals surface area contributed by atoms with Crippen molar-refractivity contribution in [1.29, 1.82) is 0 Å². The van der Waals surface area contributed by atoms with Gasteiger partial charge in [0.25, 0.3) is 0 Å². The largest absolute Gasteiger partial charge is 0.495 e. The molecule has 1 fully saturated rings. The van der Waals surface area contributed by atoms with E-state index in [1.807, 2.05) is 30.9 Å². The Bertz CT molecular complexity index is 998. The third-order valence-electron chi connectivity index (χ3n) is 5.70. The molecule has 8 heteroatoms. The van der Waals surface area contributed by atoms with Gasteiger partial charge in [0.1, 0.15) is 5.75 Å². The molecule has 0 amide bonds. The van der Waals surface area contributed by atoms with Crippen LogP contribution in [0.25, 0.3) is 0 Å². The molecule has 0 bridgehead atoms. The topological polar surface area (TPSA) is 57.9 Å². The van der Waals surface area contributed by atoms with Crippen LogP contribution in [0.2, 0.25) is 0 Å². The number of halogens is 1. The van der Waals surface area contributed by atoms with Crippen LogP contribution in [0.1, 0.15) is 18.1 Å². The fourth-order valence-electron chi connectivity index (χ4n) is 3.98. The summed E-state index contributed by atoms with van der Waals surface area (Å²) in [6, 6.07) is 16.9. The minimum Gasteiger partial charge on any atom is -0.495 e. The number of para-hydroxylation sites is 2. The fraction of sp³-hybridized carbons (Fsp3) is 0.360. The second-order valence-corrected chi connectivity index (χ2v) is 7.87. The number of ether oxygens (including phenoxy) is 1. The van der Waals surface area contributed by atoms with Gasteiger partial charge in [-0.15, -0.1) is 24.0 Å². The molecule has 1 aliphatic rings. The van der Waals surface area contributed by atoms with Crippen molar-refractivity contribution in [3.05, 3.63) is 78.4 Å². The molecule has 3 aromatic rings. The number of anilines is 1. The van der Waals surface area contributed by atoms with Crippen molar-refractivity contribution in [1.82, 2.24) is 19.8 Å². The summed E-state index contributed by atoms with van der Waals surface area (Å²) in [6.07, 6.45) is 5.63. The lowest BCUT2D eigenvalue weighted by Crippen LogP contribution is -2.52. The summed E-state index contributed by atoms with van der Waals surface area (Å²) in [5.41, 5.74) is 3.63. The van der Waals surface area contributed by atoms with Gasteiger partial charge in [-0.3, -0.25) is 0 Å². The van der Waals surface area contributed by atoms with Crippen LogP contribution in [-0.2, 0) is 13.1 Å². The monoisotopic (exact) mass is 560 g/mol. The predicted molar refractivity (Wildman–Crippen MR) is 145 cm³/mol. The van der Waals surface area contributed by atoms with Gasteiger partial charge in [-0.05, 0) is 30.2 Å². The van der Waals surface area contributed by atoms with E-state index < -0.39 is 0 Å². The highest BCUT2D eigenvalue weighted by Gasteiger charge is 2.21. The van der Waals surface area contributed by atoms with Crippen molar-refractivity contribution in [2.24, 2.45) is 4.99 Å². The highest BCUT2D eigenvalue weighted by Crippen LogP contribution is 2.28. The molecule has 0 spiro atoms. The van der Waals surface area contributed by atoms with Gasteiger partial charge < -0.3 is 24.4 Å². The van der Waals surface area contributed by atoms with Crippen molar-refractivity contribution in [3.8, 4) is 5.75 Å². The summed E-state index contributed by atoms with van der Waals surface area (Å²) in [7, 11) is 1.73. The Labute approximate surface area is 213 Å². The van der Waals surface area contributed by atoms with Gasteiger partial charge in [0.05, 0.1) is 25.7 Å². The summed E-state index contributed by atoms with van der Waals surface area (Å²) in [4.78, 5) is 13.8. The van der Waals surface area contributed by atoms with E-state index in [0.717, 1.165) is 56.7 Å². The highest BCUT2D eigenvalue weighted by atomic mass is 127. The molecule has 176 valence electrons. The Balaban J connectivity index is 0.00000306. The number of hydrogen-bond donors (Lipinski definition) is 1. The molecule has 2 heterocycles. The van der Waals surface area contributed by atoms with E-state index in [2.05, 4.69) is 68.0 Å². The van der Waals surface area contributed by atoms with Gasteiger partial charge in [-0.1, -0.05) is 36.4 Å². The number of nitrogens with one attached hydrogen (secondary N) is 1. The molecule has 7 nitrogen and oxygen atoms in total. The summed E-state index contributed by atoms with van der Waals surface area (Å²) in [6.45, 7) is 8.20. The van der Waals surface area contributed by atoms with Crippen LogP contribution in [0.5, 0.6) is 5.75 Å². The second-order valence-electron chi connectivity index (χ2n) is 7.87. The van der Waals surface area contributed by atoms with Crippen LogP contribution in [0.15, 0.2) is 72.2 Å². The molecule has 1 N–H and O–H groups in total. The van der Waals surface area contributed by atoms with E-state index >= 15 is 0 Å². The van der Waals surface area contributed by atoms with Gasteiger partial charge in [-0.25, -0.2) is 9.98 Å². The highest BCUT2D eigenvalue weighted by molar-refractivity contribution is 14.0. The number of nitrogens with zero attached hydrogens (tertiary/aromatic N) is 5. The molecule has 0 radical (unpaired) electrons. The van der Waals surface area contributed by atoms with Crippen molar-refractivity contribution in [2.45, 2.75) is 20.0 Å². The number of aromatic nitrogens is 2. The lowest BCUT2D eigenvalue weighted by molar-refractivity contribution is 0.367. The van der Waals surface area contributed by atoms with Crippen LogP contribution >= 0.6 is 24.0 Å². The quantitative estimate of drug-likeness (QED) is 0.271. The normalized spacial score (nSPS) is 14.1. The van der Waals surface area contributed by atoms with Crippen LogP contribution < -0.4 is 15.0 Å². The second kappa shape index (κ2) is 12.5. The maximum Gasteiger partial charge on any atom is 0.194 e. The van der Waals surface area contributed by atoms with Crippen molar-refractivity contribution >= 4 is 35.6 Å². The zero-order valence-corrected chi connectivity index (χ0v) is 21.7. The maximum atomic E-state index is 5.54. The molecule has 1 aliphatic heterocycles. The summed E-state index contributed by atoms with van der Waals surface area (Å²) < 4.78 is 7.61. The molecule has 0 saturated carbocycles. The first kappa shape index (κ1) is 24.9. The van der Waals surface area contributed by atoms with Gasteiger partial charge in [-0.2, -0.15) is 0 Å². The molecule has 0 unspecified atom stereocenters. The average molecular weight is 560 g/mol. The minimum absolute atomic E-state index is 0. The number of imidazole rings is 1. The van der Waals surface area contributed by atoms with E-state index in [-0.39, 0.29) is 24.0 Å².